The predicted molar refractivity (Wildman–Crippen MR) is 58.9 cm³/mol. The molecule has 1 aromatic carbocycles. The van der Waals surface area contributed by atoms with Crippen molar-refractivity contribution < 1.29 is 14.5 Å². The Morgan fingerprint density at radius 3 is 2.75 bits per heavy atom. The lowest BCUT2D eigenvalue weighted by Gasteiger charge is -2.25. The molecule has 1 aromatic rings. The van der Waals surface area contributed by atoms with Crippen molar-refractivity contribution in [2.75, 3.05) is 13.2 Å². The van der Waals surface area contributed by atoms with Gasteiger partial charge in [-0.25, -0.2) is 0 Å². The Hall–Kier alpha value is -1.40. The van der Waals surface area contributed by atoms with Gasteiger partial charge in [0.2, 0.25) is 0 Å². The summed E-state index contributed by atoms with van der Waals surface area (Å²) in [5.41, 5.74) is 0.308. The second-order valence-corrected chi connectivity index (χ2v) is 4.72. The van der Waals surface area contributed by atoms with E-state index < -0.39 is 4.92 Å². The second kappa shape index (κ2) is 4.63. The molecule has 0 N–H and O–H groups in total. The first-order chi connectivity index (χ1) is 7.70. The average Bonchev–Trinajstić information content (AvgIpc) is 2.23. The molecule has 1 aliphatic rings. The van der Waals surface area contributed by atoms with Gasteiger partial charge < -0.3 is 4.74 Å². The summed E-state index contributed by atoms with van der Waals surface area (Å²) in [6, 6.07) is 4.33. The lowest BCUT2D eigenvalue weighted by molar-refractivity contribution is -0.384. The van der Waals surface area contributed by atoms with Crippen LogP contribution in [0.5, 0.6) is 0 Å². The lowest BCUT2D eigenvalue weighted by Crippen LogP contribution is -2.30. The summed E-state index contributed by atoms with van der Waals surface area (Å²) in [6.07, 6.45) is 0.648. The van der Waals surface area contributed by atoms with Crippen LogP contribution in [0, 0.1) is 10.1 Å². The molecule has 0 saturated carbocycles. The van der Waals surface area contributed by atoms with Gasteiger partial charge in [-0.3, -0.25) is 14.9 Å². The maximum atomic E-state index is 10.8. The molecule has 84 valence electrons. The van der Waals surface area contributed by atoms with E-state index in [1.54, 1.807) is 6.07 Å². The van der Waals surface area contributed by atoms with Crippen molar-refractivity contribution in [3.63, 3.8) is 0 Å². The van der Waals surface area contributed by atoms with Gasteiger partial charge >= 0.3 is 0 Å². The molecule has 0 atom stereocenters. The van der Waals surface area contributed by atoms with E-state index in [1.165, 1.54) is 23.9 Å². The van der Waals surface area contributed by atoms with Crippen LogP contribution >= 0.6 is 11.8 Å². The molecule has 0 aromatic heterocycles. The number of rotatable bonds is 4. The van der Waals surface area contributed by atoms with Gasteiger partial charge in [0.15, 0.2) is 6.29 Å². The van der Waals surface area contributed by atoms with Crippen LogP contribution in [0.3, 0.4) is 0 Å². The first-order valence-corrected chi connectivity index (χ1v) is 5.56. The summed E-state index contributed by atoms with van der Waals surface area (Å²) in [5.74, 6) is 0. The van der Waals surface area contributed by atoms with Crippen LogP contribution in [-0.4, -0.2) is 29.7 Å². The van der Waals surface area contributed by atoms with Gasteiger partial charge in [0.1, 0.15) is 0 Å². The Balaban J connectivity index is 2.23. The number of ether oxygens (including phenoxy) is 1. The van der Waals surface area contributed by atoms with Gasteiger partial charge in [0, 0.05) is 22.6 Å². The number of hydrogen-bond donors (Lipinski definition) is 0. The Morgan fingerprint density at radius 2 is 2.25 bits per heavy atom. The minimum atomic E-state index is -0.506. The Kier molecular flexibility index (Phi) is 3.21. The number of aldehydes is 1. The molecule has 2 rings (SSSR count). The number of thioether (sulfide) groups is 1. The zero-order valence-electron chi connectivity index (χ0n) is 8.29. The summed E-state index contributed by atoms with van der Waals surface area (Å²) in [5, 5.41) is 10.9. The number of nitro benzene ring substituents is 1. The fourth-order valence-corrected chi connectivity index (χ4v) is 2.39. The largest absolute Gasteiger partial charge is 0.379 e. The van der Waals surface area contributed by atoms with E-state index in [1.807, 2.05) is 0 Å². The van der Waals surface area contributed by atoms with Crippen molar-refractivity contribution in [1.29, 1.82) is 0 Å². The number of carbonyl (C=O) groups excluding carboxylic acids is 1. The number of benzene rings is 1. The molecule has 16 heavy (non-hydrogen) atoms. The Bertz CT molecular complexity index is 431. The third-order valence-electron chi connectivity index (χ3n) is 2.23. The first-order valence-electron chi connectivity index (χ1n) is 4.68. The van der Waals surface area contributed by atoms with Crippen LogP contribution < -0.4 is 0 Å². The maximum absolute atomic E-state index is 10.8. The fraction of sp³-hybridized carbons (Fsp3) is 0.300. The zero-order valence-corrected chi connectivity index (χ0v) is 9.11. The normalized spacial score (nSPS) is 15.5. The molecule has 1 fully saturated rings. The van der Waals surface area contributed by atoms with Gasteiger partial charge in [-0.15, -0.1) is 11.8 Å². The second-order valence-electron chi connectivity index (χ2n) is 3.37. The molecule has 1 heterocycles. The van der Waals surface area contributed by atoms with Gasteiger partial charge in [0.25, 0.3) is 5.69 Å². The van der Waals surface area contributed by atoms with Gasteiger partial charge in [-0.1, -0.05) is 0 Å². The molecule has 5 nitrogen and oxygen atoms in total. The minimum Gasteiger partial charge on any atom is -0.379 e. The monoisotopic (exact) mass is 239 g/mol. The predicted octanol–water partition coefficient (Wildman–Crippen LogP) is 1.90. The lowest BCUT2D eigenvalue weighted by atomic mass is 10.2. The van der Waals surface area contributed by atoms with E-state index in [9.17, 15) is 14.9 Å². The summed E-state index contributed by atoms with van der Waals surface area (Å²) in [4.78, 5) is 21.6. The SMILES string of the molecule is O=Cc1cc([N+](=O)[O-])ccc1SC1COC1. The van der Waals surface area contributed by atoms with Crippen molar-refractivity contribution >= 4 is 23.7 Å². The smallest absolute Gasteiger partial charge is 0.270 e. The number of carbonyl (C=O) groups is 1. The number of nitrogens with zero attached hydrogens (tertiary/aromatic N) is 1. The first kappa shape index (κ1) is 11.1. The third kappa shape index (κ3) is 2.23. The molecule has 0 spiro atoms. The highest BCUT2D eigenvalue weighted by Gasteiger charge is 2.21. The highest BCUT2D eigenvalue weighted by Crippen LogP contribution is 2.31. The molecule has 0 aliphatic carbocycles. The molecule has 0 bridgehead atoms. The van der Waals surface area contributed by atoms with Crippen LogP contribution in [0.4, 0.5) is 5.69 Å². The molecule has 0 amide bonds. The van der Waals surface area contributed by atoms with E-state index in [-0.39, 0.29) is 5.69 Å². The van der Waals surface area contributed by atoms with E-state index >= 15 is 0 Å². The average molecular weight is 239 g/mol. The van der Waals surface area contributed by atoms with Crippen LogP contribution in [0.2, 0.25) is 0 Å². The summed E-state index contributed by atoms with van der Waals surface area (Å²) in [6.45, 7) is 1.33. The van der Waals surface area contributed by atoms with Crippen molar-refractivity contribution in [2.45, 2.75) is 10.1 Å². The van der Waals surface area contributed by atoms with Crippen molar-refractivity contribution in [3.8, 4) is 0 Å². The molecule has 6 heteroatoms. The summed E-state index contributed by atoms with van der Waals surface area (Å²) < 4.78 is 5.03. The fourth-order valence-electron chi connectivity index (χ4n) is 1.31. The van der Waals surface area contributed by atoms with Crippen LogP contribution in [0.15, 0.2) is 23.1 Å². The highest BCUT2D eigenvalue weighted by molar-refractivity contribution is 8.00. The Labute approximate surface area is 95.9 Å². The molecule has 0 radical (unpaired) electrons. The quantitative estimate of drug-likeness (QED) is 0.456. The van der Waals surface area contributed by atoms with Crippen LogP contribution in [0.25, 0.3) is 0 Å². The third-order valence-corrected chi connectivity index (χ3v) is 3.46. The molecule has 1 aliphatic heterocycles. The summed E-state index contributed by atoms with van der Waals surface area (Å²) in [7, 11) is 0. The number of nitro groups is 1. The van der Waals surface area contributed by atoms with E-state index in [0.717, 1.165) is 4.90 Å². The maximum Gasteiger partial charge on any atom is 0.270 e. The van der Waals surface area contributed by atoms with Gasteiger partial charge in [-0.2, -0.15) is 0 Å². The van der Waals surface area contributed by atoms with E-state index in [4.69, 9.17) is 4.74 Å². The highest BCUT2D eigenvalue weighted by atomic mass is 32.2. The van der Waals surface area contributed by atoms with Crippen LogP contribution in [-0.2, 0) is 4.74 Å². The summed E-state index contributed by atoms with van der Waals surface area (Å²) >= 11 is 1.52. The van der Waals surface area contributed by atoms with Gasteiger partial charge in [-0.05, 0) is 6.07 Å². The van der Waals surface area contributed by atoms with Crippen molar-refractivity contribution in [1.82, 2.24) is 0 Å². The standard InChI is InChI=1S/C10H9NO4S/c12-4-7-3-8(11(13)14)1-2-10(7)16-9-5-15-6-9/h1-4,9H,5-6H2. The number of non-ortho nitro benzene ring substituents is 1. The van der Waals surface area contributed by atoms with Crippen molar-refractivity contribution in [2.24, 2.45) is 0 Å². The molecule has 1 saturated heterocycles. The van der Waals surface area contributed by atoms with Gasteiger partial charge in [0.05, 0.1) is 23.4 Å². The topological polar surface area (TPSA) is 69.4 Å². The van der Waals surface area contributed by atoms with E-state index in [0.29, 0.717) is 30.3 Å². The molecule has 0 unspecified atom stereocenters. The molecular weight excluding hydrogens is 230 g/mol. The minimum absolute atomic E-state index is 0.0590. The number of hydrogen-bond acceptors (Lipinski definition) is 5. The zero-order chi connectivity index (χ0) is 11.5. The molecular formula is C10H9NO4S. The Morgan fingerprint density at radius 1 is 1.50 bits per heavy atom. The van der Waals surface area contributed by atoms with Crippen molar-refractivity contribution in [3.05, 3.63) is 33.9 Å². The van der Waals surface area contributed by atoms with Crippen LogP contribution in [0.1, 0.15) is 10.4 Å². The van der Waals surface area contributed by atoms with E-state index in [2.05, 4.69) is 0 Å².